The van der Waals surface area contributed by atoms with Gasteiger partial charge in [-0.2, -0.15) is 0 Å². The van der Waals surface area contributed by atoms with Crippen LogP contribution in [-0.2, 0) is 29.3 Å². The van der Waals surface area contributed by atoms with Crippen LogP contribution in [0, 0.1) is 0 Å². The molecule has 0 aromatic heterocycles. The fourth-order valence-electron chi connectivity index (χ4n) is 5.06. The minimum absolute atomic E-state index is 0.189. The van der Waals surface area contributed by atoms with Crippen LogP contribution in [-0.4, -0.2) is 46.1 Å². The number of ether oxygens (including phenoxy) is 1. The van der Waals surface area contributed by atoms with Crippen molar-refractivity contribution in [1.82, 2.24) is 15.1 Å². The zero-order valence-corrected chi connectivity index (χ0v) is 18.9. The Labute approximate surface area is 193 Å². The fourth-order valence-corrected chi connectivity index (χ4v) is 5.06. The topological polar surface area (TPSA) is 79.0 Å². The van der Waals surface area contributed by atoms with Gasteiger partial charge in [0.15, 0.2) is 0 Å². The first-order chi connectivity index (χ1) is 16.0. The minimum atomic E-state index is -0.624. The van der Waals surface area contributed by atoms with Gasteiger partial charge in [0.2, 0.25) is 11.8 Å². The normalized spacial score (nSPS) is 23.1. The number of imide groups is 1. The minimum Gasteiger partial charge on any atom is -0.489 e. The van der Waals surface area contributed by atoms with Crippen molar-refractivity contribution in [3.63, 3.8) is 0 Å². The highest BCUT2D eigenvalue weighted by atomic mass is 16.5. The van der Waals surface area contributed by atoms with Gasteiger partial charge in [-0.15, -0.1) is 0 Å². The summed E-state index contributed by atoms with van der Waals surface area (Å²) in [6.07, 6.45) is 3.14. The quantitative estimate of drug-likeness (QED) is 0.689. The third-order valence-corrected chi connectivity index (χ3v) is 7.03. The molecule has 3 aliphatic rings. The molecule has 3 aliphatic heterocycles. The van der Waals surface area contributed by atoms with Crippen molar-refractivity contribution >= 4 is 17.7 Å². The Bertz CT molecular complexity index is 1080. The Kier molecular flexibility index (Phi) is 5.89. The van der Waals surface area contributed by atoms with Crippen molar-refractivity contribution in [2.24, 2.45) is 0 Å². The number of hydrogen-bond acceptors (Lipinski definition) is 5. The van der Waals surface area contributed by atoms with Gasteiger partial charge in [0.05, 0.1) is 6.54 Å². The van der Waals surface area contributed by atoms with Crippen molar-refractivity contribution in [1.29, 1.82) is 0 Å². The number of carbonyl (C=O) groups is 3. The van der Waals surface area contributed by atoms with Crippen molar-refractivity contribution < 1.29 is 19.1 Å². The number of benzene rings is 2. The zero-order chi connectivity index (χ0) is 22.9. The molecule has 0 radical (unpaired) electrons. The molecule has 0 aliphatic carbocycles. The second-order valence-electron chi connectivity index (χ2n) is 9.25. The molecule has 7 nitrogen and oxygen atoms in total. The number of carbonyl (C=O) groups excluding carboxylic acids is 3. The largest absolute Gasteiger partial charge is 0.489 e. The number of piperidine rings is 1. The summed E-state index contributed by atoms with van der Waals surface area (Å²) in [7, 11) is 0. The lowest BCUT2D eigenvalue weighted by Crippen LogP contribution is -2.52. The predicted molar refractivity (Wildman–Crippen MR) is 122 cm³/mol. The maximum atomic E-state index is 13.0. The maximum Gasteiger partial charge on any atom is 0.255 e. The number of amides is 3. The first-order valence-electron chi connectivity index (χ1n) is 11.7. The molecule has 1 N–H and O–H groups in total. The smallest absolute Gasteiger partial charge is 0.255 e. The van der Waals surface area contributed by atoms with Crippen LogP contribution in [0.25, 0.3) is 0 Å². The Morgan fingerprint density at radius 3 is 2.55 bits per heavy atom. The Morgan fingerprint density at radius 2 is 1.82 bits per heavy atom. The summed E-state index contributed by atoms with van der Waals surface area (Å²) in [5, 5.41) is 2.34. The molecule has 0 spiro atoms. The van der Waals surface area contributed by atoms with E-state index in [1.165, 1.54) is 24.9 Å². The molecule has 2 fully saturated rings. The molecule has 7 heteroatoms. The van der Waals surface area contributed by atoms with E-state index in [1.807, 2.05) is 6.07 Å². The maximum absolute atomic E-state index is 13.0. The van der Waals surface area contributed by atoms with Gasteiger partial charge in [0, 0.05) is 30.1 Å². The summed E-state index contributed by atoms with van der Waals surface area (Å²) < 4.78 is 6.11. The van der Waals surface area contributed by atoms with Gasteiger partial charge in [0.1, 0.15) is 18.4 Å². The third kappa shape index (κ3) is 4.37. The summed E-state index contributed by atoms with van der Waals surface area (Å²) in [6, 6.07) is 14.0. The molecule has 3 heterocycles. The van der Waals surface area contributed by atoms with Crippen LogP contribution in [0.2, 0.25) is 0 Å². The molecule has 2 atom stereocenters. The Balaban J connectivity index is 1.24. The summed E-state index contributed by atoms with van der Waals surface area (Å²) in [5.74, 6) is -0.222. The van der Waals surface area contributed by atoms with Crippen LogP contribution in [0.3, 0.4) is 0 Å². The van der Waals surface area contributed by atoms with Crippen molar-refractivity contribution in [2.45, 2.75) is 64.4 Å². The van der Waals surface area contributed by atoms with Gasteiger partial charge in [-0.3, -0.25) is 24.6 Å². The average molecular weight is 448 g/mol. The monoisotopic (exact) mass is 447 g/mol. The second-order valence-corrected chi connectivity index (χ2v) is 9.25. The molecular formula is C26H29N3O4. The molecule has 2 saturated heterocycles. The number of hydrogen-bond donors (Lipinski definition) is 1. The highest BCUT2D eigenvalue weighted by molar-refractivity contribution is 6.05. The summed E-state index contributed by atoms with van der Waals surface area (Å²) in [5.41, 5.74) is 3.73. The third-order valence-electron chi connectivity index (χ3n) is 7.03. The molecule has 0 saturated carbocycles. The Hall–Kier alpha value is -3.19. The zero-order valence-electron chi connectivity index (χ0n) is 18.9. The van der Waals surface area contributed by atoms with Gasteiger partial charge >= 0.3 is 0 Å². The van der Waals surface area contributed by atoms with E-state index in [0.29, 0.717) is 36.9 Å². The molecule has 2 unspecified atom stereocenters. The van der Waals surface area contributed by atoms with Gasteiger partial charge in [-0.05, 0) is 56.0 Å². The fraction of sp³-hybridized carbons (Fsp3) is 0.423. The average Bonchev–Trinajstić information content (AvgIpc) is 3.36. The SMILES string of the molecule is CC1CCCN1Cc1ccc(COc2cccc3c2CN(C2CCC(=O)NC2=O)C3=O)cc1. The number of fused-ring (bicyclic) bond motifs is 1. The van der Waals surface area contributed by atoms with Gasteiger partial charge in [0.25, 0.3) is 5.91 Å². The number of nitrogens with zero attached hydrogens (tertiary/aromatic N) is 2. The van der Waals surface area contributed by atoms with Crippen LogP contribution in [0.4, 0.5) is 0 Å². The molecule has 2 aromatic rings. The molecule has 5 rings (SSSR count). The van der Waals surface area contributed by atoms with Crippen LogP contribution >= 0.6 is 0 Å². The lowest BCUT2D eigenvalue weighted by Gasteiger charge is -2.29. The van der Waals surface area contributed by atoms with E-state index < -0.39 is 11.9 Å². The van der Waals surface area contributed by atoms with E-state index >= 15 is 0 Å². The van der Waals surface area contributed by atoms with E-state index in [-0.39, 0.29) is 18.2 Å². The van der Waals surface area contributed by atoms with E-state index in [9.17, 15) is 14.4 Å². The van der Waals surface area contributed by atoms with Gasteiger partial charge < -0.3 is 9.64 Å². The number of nitrogens with one attached hydrogen (secondary N) is 1. The van der Waals surface area contributed by atoms with Crippen LogP contribution in [0.5, 0.6) is 5.75 Å². The number of rotatable bonds is 6. The molecule has 2 aromatic carbocycles. The second kappa shape index (κ2) is 8.98. The first-order valence-corrected chi connectivity index (χ1v) is 11.7. The molecule has 172 valence electrons. The number of likely N-dealkylation sites (tertiary alicyclic amines) is 1. The van der Waals surface area contributed by atoms with Crippen LogP contribution in [0.1, 0.15) is 59.7 Å². The highest BCUT2D eigenvalue weighted by Crippen LogP contribution is 2.34. The predicted octanol–water partition coefficient (Wildman–Crippen LogP) is 3.01. The van der Waals surface area contributed by atoms with Gasteiger partial charge in [-0.1, -0.05) is 30.3 Å². The molecule has 33 heavy (non-hydrogen) atoms. The molecule has 3 amide bonds. The first kappa shape index (κ1) is 21.6. The summed E-state index contributed by atoms with van der Waals surface area (Å²) >= 11 is 0. The lowest BCUT2D eigenvalue weighted by atomic mass is 10.0. The van der Waals surface area contributed by atoms with E-state index in [0.717, 1.165) is 17.7 Å². The Morgan fingerprint density at radius 1 is 1.03 bits per heavy atom. The van der Waals surface area contributed by atoms with Gasteiger partial charge in [-0.25, -0.2) is 0 Å². The summed E-state index contributed by atoms with van der Waals surface area (Å²) in [6.45, 7) is 5.15. The molecule has 0 bridgehead atoms. The van der Waals surface area contributed by atoms with Crippen molar-refractivity contribution in [3.8, 4) is 5.75 Å². The van der Waals surface area contributed by atoms with Crippen LogP contribution < -0.4 is 10.1 Å². The standard InChI is InChI=1S/C26H29N3O4/c1-17-4-3-13-28(17)14-18-7-9-19(10-8-18)16-33-23-6-2-5-20-21(23)15-29(26(20)32)22-11-12-24(30)27-25(22)31/h2,5-10,17,22H,3-4,11-16H2,1H3,(H,27,30,31). The lowest BCUT2D eigenvalue weighted by molar-refractivity contribution is -0.136. The molecular weight excluding hydrogens is 418 g/mol. The van der Waals surface area contributed by atoms with Crippen molar-refractivity contribution in [3.05, 3.63) is 64.7 Å². The van der Waals surface area contributed by atoms with E-state index in [4.69, 9.17) is 4.74 Å². The van der Waals surface area contributed by atoms with E-state index in [1.54, 1.807) is 17.0 Å². The van der Waals surface area contributed by atoms with Crippen LogP contribution in [0.15, 0.2) is 42.5 Å². The summed E-state index contributed by atoms with van der Waals surface area (Å²) in [4.78, 5) is 40.8. The van der Waals surface area contributed by atoms with Crippen molar-refractivity contribution in [2.75, 3.05) is 6.54 Å². The van der Waals surface area contributed by atoms with E-state index in [2.05, 4.69) is 41.4 Å². The highest BCUT2D eigenvalue weighted by Gasteiger charge is 2.40.